The zero-order valence-corrected chi connectivity index (χ0v) is 14.2. The Balaban J connectivity index is 1.78. The van der Waals surface area contributed by atoms with Crippen molar-refractivity contribution in [2.24, 2.45) is 0 Å². The van der Waals surface area contributed by atoms with Crippen LogP contribution in [0.5, 0.6) is 5.75 Å². The van der Waals surface area contributed by atoms with Gasteiger partial charge in [-0.05, 0) is 50.3 Å². The van der Waals surface area contributed by atoms with Crippen molar-refractivity contribution in [3.8, 4) is 5.75 Å². The Morgan fingerprint density at radius 1 is 1.42 bits per heavy atom. The molecule has 3 unspecified atom stereocenters. The zero-order chi connectivity index (χ0) is 16.7. The van der Waals surface area contributed by atoms with Gasteiger partial charge in [-0.25, -0.2) is 0 Å². The molecule has 24 heavy (non-hydrogen) atoms. The minimum Gasteiger partial charge on any atom is -0.486 e. The molecule has 1 aromatic rings. The van der Waals surface area contributed by atoms with Crippen LogP contribution in [0.4, 0.5) is 0 Å². The summed E-state index contributed by atoms with van der Waals surface area (Å²) in [6.45, 7) is 7.67. The number of ether oxygens (including phenoxy) is 1. The van der Waals surface area contributed by atoms with Gasteiger partial charge in [0.2, 0.25) is 0 Å². The molecule has 128 valence electrons. The second-order valence-electron chi connectivity index (χ2n) is 8.04. The van der Waals surface area contributed by atoms with Gasteiger partial charge in [0.25, 0.3) is 0 Å². The summed E-state index contributed by atoms with van der Waals surface area (Å²) in [5, 5.41) is 22.7. The summed E-state index contributed by atoms with van der Waals surface area (Å²) in [5.74, 6) is 0.924. The van der Waals surface area contributed by atoms with E-state index in [4.69, 9.17) is 4.74 Å². The number of aryl methyl sites for hydroxylation is 1. The average Bonchev–Trinajstić information content (AvgIpc) is 2.91. The van der Waals surface area contributed by atoms with E-state index < -0.39 is 17.1 Å². The summed E-state index contributed by atoms with van der Waals surface area (Å²) in [7, 11) is 0. The molecule has 2 fully saturated rings. The first kappa shape index (κ1) is 14.9. The topological polar surface area (TPSA) is 52.9 Å². The molecule has 2 aliphatic heterocycles. The molecule has 0 amide bonds. The molecule has 4 nitrogen and oxygen atoms in total. The van der Waals surface area contributed by atoms with E-state index >= 15 is 0 Å². The summed E-state index contributed by atoms with van der Waals surface area (Å²) in [4.78, 5) is 2.37. The number of aliphatic hydroxyl groups is 2. The van der Waals surface area contributed by atoms with E-state index in [0.717, 1.165) is 37.2 Å². The lowest BCUT2D eigenvalue weighted by atomic mass is 9.48. The van der Waals surface area contributed by atoms with Crippen molar-refractivity contribution in [3.63, 3.8) is 0 Å². The first-order valence-electron chi connectivity index (χ1n) is 9.08. The van der Waals surface area contributed by atoms with Crippen LogP contribution in [0.3, 0.4) is 0 Å². The van der Waals surface area contributed by atoms with E-state index in [1.807, 2.05) is 6.08 Å². The molecule has 2 bridgehead atoms. The molecular formula is C20H25NO3. The molecular weight excluding hydrogens is 302 g/mol. The van der Waals surface area contributed by atoms with E-state index in [9.17, 15) is 10.2 Å². The second kappa shape index (κ2) is 4.63. The first-order valence-corrected chi connectivity index (χ1v) is 9.08. The summed E-state index contributed by atoms with van der Waals surface area (Å²) in [5.41, 5.74) is 2.31. The van der Waals surface area contributed by atoms with Crippen LogP contribution in [0.1, 0.15) is 36.0 Å². The van der Waals surface area contributed by atoms with Crippen LogP contribution in [0.2, 0.25) is 0 Å². The van der Waals surface area contributed by atoms with Gasteiger partial charge in [0.05, 0.1) is 17.1 Å². The van der Waals surface area contributed by atoms with E-state index in [0.29, 0.717) is 12.8 Å². The maximum Gasteiger partial charge on any atom is 0.137 e. The van der Waals surface area contributed by atoms with Gasteiger partial charge in [-0.3, -0.25) is 4.90 Å². The van der Waals surface area contributed by atoms with Crippen molar-refractivity contribution in [1.29, 1.82) is 0 Å². The molecule has 5 rings (SSSR count). The maximum atomic E-state index is 12.0. The maximum absolute atomic E-state index is 12.0. The molecule has 1 spiro atoms. The van der Waals surface area contributed by atoms with Crippen LogP contribution >= 0.6 is 0 Å². The van der Waals surface area contributed by atoms with Gasteiger partial charge >= 0.3 is 0 Å². The molecule has 1 saturated carbocycles. The molecule has 1 saturated heterocycles. The van der Waals surface area contributed by atoms with Gasteiger partial charge < -0.3 is 14.9 Å². The summed E-state index contributed by atoms with van der Waals surface area (Å²) >= 11 is 0. The minimum atomic E-state index is -0.829. The molecule has 4 heteroatoms. The van der Waals surface area contributed by atoms with E-state index in [2.05, 4.69) is 30.5 Å². The van der Waals surface area contributed by atoms with Crippen molar-refractivity contribution in [2.45, 2.75) is 61.9 Å². The Morgan fingerprint density at radius 3 is 3.04 bits per heavy atom. The summed E-state index contributed by atoms with van der Waals surface area (Å²) in [6.07, 6.45) is 4.02. The molecule has 2 heterocycles. The Morgan fingerprint density at radius 2 is 2.25 bits per heavy atom. The number of piperidine rings is 1. The standard InChI is InChI=1S/C20H25NO3/c1-3-9-21-10-8-19-16-13-5-4-12(2)17(16)24-18(19)14(22)6-7-20(19,23)15(21)11-13/h3-5,14-15,18,22-23H,1,6-11H2,2H3/t14?,15?,18?,19-,20+/m0/s1. The lowest BCUT2D eigenvalue weighted by Crippen LogP contribution is -2.77. The van der Waals surface area contributed by atoms with Gasteiger partial charge in [-0.15, -0.1) is 6.58 Å². The number of hydrogen-bond acceptors (Lipinski definition) is 4. The van der Waals surface area contributed by atoms with Crippen LogP contribution in [0.25, 0.3) is 0 Å². The third-order valence-electron chi connectivity index (χ3n) is 7.12. The Hall–Kier alpha value is -1.36. The van der Waals surface area contributed by atoms with Crippen LogP contribution in [-0.2, 0) is 11.8 Å². The fraction of sp³-hybridized carbons (Fsp3) is 0.600. The van der Waals surface area contributed by atoms with Crippen LogP contribution in [0.15, 0.2) is 24.8 Å². The highest BCUT2D eigenvalue weighted by molar-refractivity contribution is 5.60. The largest absolute Gasteiger partial charge is 0.486 e. The number of likely N-dealkylation sites (tertiary alicyclic amines) is 1. The molecule has 2 N–H and O–H groups in total. The lowest BCUT2D eigenvalue weighted by Gasteiger charge is -2.63. The van der Waals surface area contributed by atoms with Gasteiger partial charge in [-0.1, -0.05) is 18.2 Å². The molecule has 1 aromatic carbocycles. The van der Waals surface area contributed by atoms with Crippen molar-refractivity contribution in [1.82, 2.24) is 4.90 Å². The highest BCUT2D eigenvalue weighted by Gasteiger charge is 2.72. The van der Waals surface area contributed by atoms with Crippen molar-refractivity contribution in [2.75, 3.05) is 13.1 Å². The summed E-state index contributed by atoms with van der Waals surface area (Å²) < 4.78 is 6.33. The van der Waals surface area contributed by atoms with Gasteiger partial charge in [-0.2, -0.15) is 0 Å². The van der Waals surface area contributed by atoms with E-state index in [1.165, 1.54) is 11.1 Å². The number of rotatable bonds is 2. The predicted octanol–water partition coefficient (Wildman–Crippen LogP) is 1.70. The quantitative estimate of drug-likeness (QED) is 0.812. The van der Waals surface area contributed by atoms with Crippen molar-refractivity contribution < 1.29 is 14.9 Å². The van der Waals surface area contributed by atoms with Crippen LogP contribution in [0, 0.1) is 6.92 Å². The third-order valence-corrected chi connectivity index (χ3v) is 7.12. The van der Waals surface area contributed by atoms with Gasteiger partial charge in [0, 0.05) is 18.2 Å². The fourth-order valence-electron chi connectivity index (χ4n) is 6.14. The first-order chi connectivity index (χ1) is 11.5. The van der Waals surface area contributed by atoms with Crippen LogP contribution < -0.4 is 4.74 Å². The zero-order valence-electron chi connectivity index (χ0n) is 14.2. The highest BCUT2D eigenvalue weighted by atomic mass is 16.5. The SMILES string of the molecule is C=CCN1CC[C@]23c4c5ccc(C)c4OC2C(O)CC[C@@]3(O)C1C5. The van der Waals surface area contributed by atoms with Gasteiger partial charge in [0.15, 0.2) is 0 Å². The van der Waals surface area contributed by atoms with Crippen molar-refractivity contribution in [3.05, 3.63) is 41.5 Å². The molecule has 0 aromatic heterocycles. The molecule has 0 radical (unpaired) electrons. The van der Waals surface area contributed by atoms with Crippen molar-refractivity contribution >= 4 is 0 Å². The molecule has 4 aliphatic rings. The van der Waals surface area contributed by atoms with E-state index in [-0.39, 0.29) is 12.1 Å². The van der Waals surface area contributed by atoms with E-state index in [1.54, 1.807) is 0 Å². The Bertz CT molecular complexity index is 732. The molecule has 2 aliphatic carbocycles. The highest BCUT2D eigenvalue weighted by Crippen LogP contribution is 2.64. The minimum absolute atomic E-state index is 0.0732. The van der Waals surface area contributed by atoms with Gasteiger partial charge in [0.1, 0.15) is 11.9 Å². The average molecular weight is 327 g/mol. The van der Waals surface area contributed by atoms with Crippen LogP contribution in [-0.4, -0.2) is 52.1 Å². The predicted molar refractivity (Wildman–Crippen MR) is 91.3 cm³/mol. The second-order valence-corrected chi connectivity index (χ2v) is 8.04. The Labute approximate surface area is 142 Å². The Kier molecular flexibility index (Phi) is 2.88. The fourth-order valence-corrected chi connectivity index (χ4v) is 6.14. The smallest absolute Gasteiger partial charge is 0.137 e. The lowest BCUT2D eigenvalue weighted by molar-refractivity contribution is -0.206. The normalized spacial score (nSPS) is 42.4. The molecule has 5 atom stereocenters. The number of benzene rings is 1. The summed E-state index contributed by atoms with van der Waals surface area (Å²) in [6, 6.07) is 4.39. The number of hydrogen-bond donors (Lipinski definition) is 2. The number of aliphatic hydroxyl groups excluding tert-OH is 1. The number of nitrogens with zero attached hydrogens (tertiary/aromatic N) is 1. The third kappa shape index (κ3) is 1.47. The monoisotopic (exact) mass is 327 g/mol.